The molecule has 1 aliphatic heterocycles. The molecule has 136 valence electrons. The first-order chi connectivity index (χ1) is 12.6. The summed E-state index contributed by atoms with van der Waals surface area (Å²) in [6, 6.07) is 10.1. The highest BCUT2D eigenvalue weighted by Gasteiger charge is 2.20. The van der Waals surface area contributed by atoms with Crippen LogP contribution in [0.3, 0.4) is 0 Å². The van der Waals surface area contributed by atoms with Gasteiger partial charge in [-0.25, -0.2) is 0 Å². The molecule has 1 fully saturated rings. The Kier molecular flexibility index (Phi) is 5.93. The number of benzene rings is 1. The number of hydrogen-bond acceptors (Lipinski definition) is 5. The van der Waals surface area contributed by atoms with Crippen molar-refractivity contribution >= 4 is 17.5 Å². The third kappa shape index (κ3) is 4.65. The Hall–Kier alpha value is -2.77. The zero-order chi connectivity index (χ0) is 18.4. The van der Waals surface area contributed by atoms with Crippen LogP contribution in [0.1, 0.15) is 28.4 Å². The van der Waals surface area contributed by atoms with E-state index in [9.17, 15) is 9.59 Å². The van der Waals surface area contributed by atoms with Crippen LogP contribution < -0.4 is 11.1 Å². The summed E-state index contributed by atoms with van der Waals surface area (Å²) in [6.07, 6.45) is 3.47. The number of anilines is 1. The van der Waals surface area contributed by atoms with Gasteiger partial charge < -0.3 is 20.7 Å². The van der Waals surface area contributed by atoms with Gasteiger partial charge in [0.2, 0.25) is 5.91 Å². The molecule has 1 aromatic carbocycles. The molecule has 0 saturated carbocycles. The van der Waals surface area contributed by atoms with Gasteiger partial charge in [0.05, 0.1) is 13.2 Å². The van der Waals surface area contributed by atoms with E-state index in [0.717, 1.165) is 5.56 Å². The Balaban J connectivity index is 1.57. The van der Waals surface area contributed by atoms with Gasteiger partial charge in [-0.2, -0.15) is 0 Å². The van der Waals surface area contributed by atoms with Crippen molar-refractivity contribution < 1.29 is 14.3 Å². The number of rotatable bonds is 5. The highest BCUT2D eigenvalue weighted by Crippen LogP contribution is 2.17. The van der Waals surface area contributed by atoms with E-state index in [1.54, 1.807) is 53.7 Å². The van der Waals surface area contributed by atoms with Gasteiger partial charge in [-0.15, -0.1) is 0 Å². The minimum absolute atomic E-state index is 0.0281. The van der Waals surface area contributed by atoms with Crippen LogP contribution >= 0.6 is 0 Å². The van der Waals surface area contributed by atoms with Crippen molar-refractivity contribution in [3.8, 4) is 0 Å². The molecular formula is C19H22N4O3. The number of morpholine rings is 1. The molecule has 2 heterocycles. The van der Waals surface area contributed by atoms with E-state index in [2.05, 4.69) is 10.3 Å². The monoisotopic (exact) mass is 354 g/mol. The van der Waals surface area contributed by atoms with E-state index < -0.39 is 6.04 Å². The first-order valence-electron chi connectivity index (χ1n) is 8.56. The summed E-state index contributed by atoms with van der Waals surface area (Å²) in [5.41, 5.74) is 8.20. The summed E-state index contributed by atoms with van der Waals surface area (Å²) < 4.78 is 5.25. The maximum atomic E-state index is 12.3. The zero-order valence-corrected chi connectivity index (χ0v) is 14.4. The molecule has 2 amide bonds. The molecule has 0 bridgehead atoms. The van der Waals surface area contributed by atoms with Crippen molar-refractivity contribution in [3.05, 3.63) is 59.9 Å². The molecule has 1 aliphatic rings. The van der Waals surface area contributed by atoms with E-state index in [4.69, 9.17) is 10.5 Å². The van der Waals surface area contributed by atoms with Crippen molar-refractivity contribution in [2.24, 2.45) is 5.73 Å². The Morgan fingerprint density at radius 1 is 1.12 bits per heavy atom. The van der Waals surface area contributed by atoms with Crippen molar-refractivity contribution in [2.45, 2.75) is 12.5 Å². The van der Waals surface area contributed by atoms with Crippen LogP contribution in [0.5, 0.6) is 0 Å². The Morgan fingerprint density at radius 3 is 2.42 bits per heavy atom. The fourth-order valence-electron chi connectivity index (χ4n) is 2.77. The van der Waals surface area contributed by atoms with Crippen LogP contribution in [0.4, 0.5) is 5.69 Å². The molecular weight excluding hydrogens is 332 g/mol. The lowest BCUT2D eigenvalue weighted by atomic mass is 10.0. The van der Waals surface area contributed by atoms with E-state index >= 15 is 0 Å². The smallest absolute Gasteiger partial charge is 0.255 e. The van der Waals surface area contributed by atoms with Crippen LogP contribution in [-0.2, 0) is 9.53 Å². The Bertz CT molecular complexity index is 743. The van der Waals surface area contributed by atoms with Gasteiger partial charge >= 0.3 is 0 Å². The molecule has 0 spiro atoms. The second kappa shape index (κ2) is 8.55. The van der Waals surface area contributed by atoms with E-state index in [-0.39, 0.29) is 18.2 Å². The van der Waals surface area contributed by atoms with Gasteiger partial charge in [0.25, 0.3) is 5.91 Å². The summed E-state index contributed by atoms with van der Waals surface area (Å²) in [4.78, 5) is 30.2. The van der Waals surface area contributed by atoms with Gasteiger partial charge in [-0.1, -0.05) is 12.1 Å². The largest absolute Gasteiger partial charge is 0.378 e. The van der Waals surface area contributed by atoms with Gasteiger partial charge in [-0.05, 0) is 29.8 Å². The Morgan fingerprint density at radius 2 is 1.77 bits per heavy atom. The number of nitrogens with one attached hydrogen (secondary N) is 1. The van der Waals surface area contributed by atoms with E-state index in [0.29, 0.717) is 37.6 Å². The third-order valence-electron chi connectivity index (χ3n) is 4.30. The van der Waals surface area contributed by atoms with Gasteiger partial charge in [-0.3, -0.25) is 14.6 Å². The standard InChI is InChI=1S/C19H22N4O3/c20-17(13-18(24)23-9-11-26-12-10-23)14-1-3-15(4-2-14)19(25)22-16-5-7-21-8-6-16/h1-8,17H,9-13,20H2,(H,21,22,25). The molecule has 3 rings (SSSR count). The molecule has 0 radical (unpaired) electrons. The summed E-state index contributed by atoms with van der Waals surface area (Å²) in [6.45, 7) is 2.36. The highest BCUT2D eigenvalue weighted by molar-refractivity contribution is 6.04. The number of carbonyl (C=O) groups is 2. The van der Waals surface area contributed by atoms with Gasteiger partial charge in [0.1, 0.15) is 0 Å². The number of amides is 2. The van der Waals surface area contributed by atoms with Gasteiger partial charge in [0.15, 0.2) is 0 Å². The van der Waals surface area contributed by atoms with E-state index in [1.807, 2.05) is 0 Å². The summed E-state index contributed by atoms with van der Waals surface area (Å²) in [7, 11) is 0. The normalized spacial score (nSPS) is 15.3. The highest BCUT2D eigenvalue weighted by atomic mass is 16.5. The molecule has 7 nitrogen and oxygen atoms in total. The summed E-state index contributed by atoms with van der Waals surface area (Å²) >= 11 is 0. The lowest BCUT2D eigenvalue weighted by molar-refractivity contribution is -0.135. The van der Waals surface area contributed by atoms with Crippen LogP contribution in [0.2, 0.25) is 0 Å². The number of nitrogens with two attached hydrogens (primary N) is 1. The van der Waals surface area contributed by atoms with Crippen molar-refractivity contribution in [1.82, 2.24) is 9.88 Å². The molecule has 2 aromatic rings. The number of hydrogen-bond donors (Lipinski definition) is 2. The lowest BCUT2D eigenvalue weighted by Gasteiger charge is -2.28. The second-order valence-corrected chi connectivity index (χ2v) is 6.12. The second-order valence-electron chi connectivity index (χ2n) is 6.12. The lowest BCUT2D eigenvalue weighted by Crippen LogP contribution is -2.41. The average molecular weight is 354 g/mol. The number of ether oxygens (including phenoxy) is 1. The minimum atomic E-state index is -0.400. The summed E-state index contributed by atoms with van der Waals surface area (Å²) in [5, 5.41) is 2.80. The molecule has 26 heavy (non-hydrogen) atoms. The third-order valence-corrected chi connectivity index (χ3v) is 4.30. The quantitative estimate of drug-likeness (QED) is 0.850. The molecule has 7 heteroatoms. The average Bonchev–Trinajstić information content (AvgIpc) is 2.69. The maximum absolute atomic E-state index is 12.3. The van der Waals surface area contributed by atoms with Crippen LogP contribution in [0, 0.1) is 0 Å². The van der Waals surface area contributed by atoms with Crippen molar-refractivity contribution in [1.29, 1.82) is 0 Å². The Labute approximate surface area is 152 Å². The molecule has 1 unspecified atom stereocenters. The number of nitrogens with zero attached hydrogens (tertiary/aromatic N) is 2. The van der Waals surface area contributed by atoms with Crippen LogP contribution in [0.25, 0.3) is 0 Å². The fourth-order valence-corrected chi connectivity index (χ4v) is 2.77. The summed E-state index contributed by atoms with van der Waals surface area (Å²) in [5.74, 6) is -0.180. The first-order valence-corrected chi connectivity index (χ1v) is 8.56. The number of pyridine rings is 1. The molecule has 1 saturated heterocycles. The van der Waals surface area contributed by atoms with Crippen LogP contribution in [-0.4, -0.2) is 48.0 Å². The van der Waals surface area contributed by atoms with Crippen molar-refractivity contribution in [3.63, 3.8) is 0 Å². The SMILES string of the molecule is NC(CC(=O)N1CCOCC1)c1ccc(C(=O)Nc2ccncc2)cc1. The zero-order valence-electron chi connectivity index (χ0n) is 14.4. The predicted octanol–water partition coefficient (Wildman–Crippen LogP) is 1.58. The minimum Gasteiger partial charge on any atom is -0.378 e. The first kappa shape index (κ1) is 18.0. The topological polar surface area (TPSA) is 97.5 Å². The van der Waals surface area contributed by atoms with Crippen LogP contribution in [0.15, 0.2) is 48.8 Å². The molecule has 3 N–H and O–H groups in total. The molecule has 1 aromatic heterocycles. The molecule has 0 aliphatic carbocycles. The van der Waals surface area contributed by atoms with Crippen molar-refractivity contribution in [2.75, 3.05) is 31.6 Å². The van der Waals surface area contributed by atoms with Gasteiger partial charge in [0, 0.05) is 49.2 Å². The number of carbonyl (C=O) groups excluding carboxylic acids is 2. The predicted molar refractivity (Wildman–Crippen MR) is 97.6 cm³/mol. The number of aromatic nitrogens is 1. The van der Waals surface area contributed by atoms with E-state index in [1.165, 1.54) is 0 Å². The fraction of sp³-hybridized carbons (Fsp3) is 0.316. The molecule has 1 atom stereocenters. The maximum Gasteiger partial charge on any atom is 0.255 e.